The van der Waals surface area contributed by atoms with Gasteiger partial charge in [-0.1, -0.05) is 6.92 Å². The third-order valence-electron chi connectivity index (χ3n) is 11.0. The lowest BCUT2D eigenvalue weighted by molar-refractivity contribution is -0.134. The van der Waals surface area contributed by atoms with Gasteiger partial charge in [0, 0.05) is 62.2 Å². The summed E-state index contributed by atoms with van der Waals surface area (Å²) in [5, 5.41) is 9.86. The molecule has 14 nitrogen and oxygen atoms in total. The van der Waals surface area contributed by atoms with E-state index in [1.165, 1.54) is 12.1 Å². The second-order valence-corrected chi connectivity index (χ2v) is 15.2. The van der Waals surface area contributed by atoms with Gasteiger partial charge in [0.05, 0.1) is 47.9 Å². The molecular weight excluding hydrogens is 737 g/mol. The van der Waals surface area contributed by atoms with E-state index < -0.39 is 35.3 Å². The molecule has 2 saturated heterocycles. The van der Waals surface area contributed by atoms with Crippen LogP contribution in [0.3, 0.4) is 0 Å². The van der Waals surface area contributed by atoms with Crippen molar-refractivity contribution in [3.63, 3.8) is 0 Å². The van der Waals surface area contributed by atoms with E-state index in [0.717, 1.165) is 24.2 Å². The van der Waals surface area contributed by atoms with Crippen LogP contribution < -0.4 is 25.2 Å². The maximum atomic E-state index is 15.1. The van der Waals surface area contributed by atoms with Gasteiger partial charge in [0.2, 0.25) is 29.6 Å². The van der Waals surface area contributed by atoms with Crippen molar-refractivity contribution in [3.8, 4) is 17.1 Å². The lowest BCUT2D eigenvalue weighted by Gasteiger charge is -2.34. The molecule has 4 aliphatic heterocycles. The van der Waals surface area contributed by atoms with Gasteiger partial charge in [-0.05, 0) is 86.6 Å². The van der Waals surface area contributed by atoms with E-state index in [1.54, 1.807) is 27.9 Å². The van der Waals surface area contributed by atoms with Crippen LogP contribution in [0.2, 0.25) is 0 Å². The Kier molecular flexibility index (Phi) is 10.3. The fraction of sp³-hybridized carbons (Fsp3) is 0.390. The van der Waals surface area contributed by atoms with Crippen LogP contribution >= 0.6 is 0 Å². The summed E-state index contributed by atoms with van der Waals surface area (Å²) in [5.41, 5.74) is 4.66. The van der Waals surface area contributed by atoms with E-state index in [0.29, 0.717) is 84.8 Å². The summed E-state index contributed by atoms with van der Waals surface area (Å²) in [6.45, 7) is 6.47. The number of aryl methyl sites for hydroxylation is 2. The molecule has 0 spiro atoms. The first-order chi connectivity index (χ1) is 27.4. The number of benzene rings is 2. The van der Waals surface area contributed by atoms with E-state index in [4.69, 9.17) is 4.74 Å². The first-order valence-corrected chi connectivity index (χ1v) is 19.2. The Hall–Kier alpha value is -6.03. The van der Waals surface area contributed by atoms with Crippen molar-refractivity contribution in [1.29, 1.82) is 0 Å². The predicted octanol–water partition coefficient (Wildman–Crippen LogP) is 4.72. The quantitative estimate of drug-likeness (QED) is 0.272. The highest BCUT2D eigenvalue weighted by molar-refractivity contribution is 6.19. The average Bonchev–Trinajstić information content (AvgIpc) is 3.70. The van der Waals surface area contributed by atoms with Gasteiger partial charge >= 0.3 is 0 Å². The molecule has 4 aliphatic rings. The average molecular weight is 780 g/mol. The third kappa shape index (κ3) is 7.73. The number of piperazine rings is 1. The topological polar surface area (TPSA) is 154 Å². The van der Waals surface area contributed by atoms with Gasteiger partial charge in [-0.25, -0.2) is 13.5 Å². The maximum absolute atomic E-state index is 15.1. The molecule has 2 aromatic heterocycles. The number of aromatic nitrogens is 3. The molecule has 2 aromatic carbocycles. The fourth-order valence-electron chi connectivity index (χ4n) is 8.02. The number of rotatable bonds is 5. The molecule has 4 amide bonds. The smallest absolute Gasteiger partial charge is 0.280 e. The zero-order valence-electron chi connectivity index (χ0n) is 32.0. The van der Waals surface area contributed by atoms with Crippen molar-refractivity contribution >= 4 is 46.7 Å². The Morgan fingerprint density at radius 3 is 2.54 bits per heavy atom. The van der Waals surface area contributed by atoms with E-state index in [9.17, 15) is 19.2 Å². The number of carbonyl (C=O) groups is 4. The highest BCUT2D eigenvalue weighted by Gasteiger charge is 2.34. The number of pyridine rings is 1. The monoisotopic (exact) mass is 779 g/mol. The van der Waals surface area contributed by atoms with Crippen molar-refractivity contribution < 1.29 is 32.7 Å². The van der Waals surface area contributed by atoms with Gasteiger partial charge in [-0.3, -0.25) is 34.4 Å². The molecule has 2 atom stereocenters. The third-order valence-corrected chi connectivity index (χ3v) is 11.0. The molecule has 0 saturated carbocycles. The summed E-state index contributed by atoms with van der Waals surface area (Å²) in [6.07, 6.45) is 3.68. The molecule has 0 aliphatic carbocycles. The van der Waals surface area contributed by atoms with Gasteiger partial charge < -0.3 is 19.9 Å². The van der Waals surface area contributed by atoms with Crippen LogP contribution in [0.1, 0.15) is 65.7 Å². The number of halogens is 2. The van der Waals surface area contributed by atoms with Gasteiger partial charge in [-0.2, -0.15) is 10.1 Å². The van der Waals surface area contributed by atoms with Crippen molar-refractivity contribution in [2.45, 2.75) is 51.9 Å². The largest absolute Gasteiger partial charge is 0.477 e. The SMILES string of the molecule is Cc1cc2cc(n1)-c1cnn(C)c1OCCC[C@@H](C)CN1/C(=N/C2=O)Nc2ccc(N3CCN(CCc4cc(F)c([C@H]5CCC(=O)NC5=O)c(F)c4)CC3=O)cc21. The Balaban J connectivity index is 0.973. The highest BCUT2D eigenvalue weighted by Crippen LogP contribution is 2.38. The lowest BCUT2D eigenvalue weighted by Crippen LogP contribution is -2.51. The van der Waals surface area contributed by atoms with Gasteiger partial charge in [-0.15, -0.1) is 0 Å². The molecule has 4 aromatic rings. The number of piperidine rings is 1. The number of ether oxygens (including phenoxy) is 1. The molecule has 16 heteroatoms. The number of anilines is 3. The molecule has 2 N–H and O–H groups in total. The van der Waals surface area contributed by atoms with Crippen LogP contribution in [-0.2, 0) is 27.9 Å². The zero-order valence-corrected chi connectivity index (χ0v) is 32.0. The Bertz CT molecular complexity index is 2300. The fourth-order valence-corrected chi connectivity index (χ4v) is 8.02. The minimum Gasteiger partial charge on any atom is -0.477 e. The summed E-state index contributed by atoms with van der Waals surface area (Å²) in [5.74, 6) is -3.23. The van der Waals surface area contributed by atoms with Crippen LogP contribution in [0.4, 0.5) is 25.8 Å². The molecule has 57 heavy (non-hydrogen) atoms. The van der Waals surface area contributed by atoms with Gasteiger partial charge in [0.1, 0.15) is 11.6 Å². The van der Waals surface area contributed by atoms with Crippen LogP contribution in [-0.4, -0.2) is 88.6 Å². The zero-order chi connectivity index (χ0) is 40.0. The number of nitrogens with zero attached hydrogens (tertiary/aromatic N) is 7. The summed E-state index contributed by atoms with van der Waals surface area (Å²) in [7, 11) is 1.81. The Labute approximate surface area is 327 Å². The molecule has 2 fully saturated rings. The number of imide groups is 1. The van der Waals surface area contributed by atoms with Crippen LogP contribution in [0, 0.1) is 24.5 Å². The van der Waals surface area contributed by atoms with E-state index in [2.05, 4.69) is 32.6 Å². The van der Waals surface area contributed by atoms with Gasteiger partial charge in [0.15, 0.2) is 0 Å². The molecule has 6 heterocycles. The van der Waals surface area contributed by atoms with Gasteiger partial charge in [0.25, 0.3) is 5.91 Å². The van der Waals surface area contributed by atoms with E-state index in [1.807, 2.05) is 42.0 Å². The summed E-state index contributed by atoms with van der Waals surface area (Å²) in [4.78, 5) is 66.1. The molecular formula is C41H43F2N9O5. The standard InChI is InChI=1S/C41H43F2N9O5/c1-23-5-4-14-57-40-29(20-44-49(40)3)33-18-26(15-24(2)45-33)38(55)48-41-46-32-8-6-27(19-34(32)52(41)21-23)51-13-12-50(22-36(51)54)11-10-25-16-30(42)37(31(43)17-25)28-7-9-35(53)47-39(28)56/h6,8,15-20,23,28H,4-5,7,9-14,21-22H2,1-3H3,(H,46,48,55)(H,47,53,56)/t23-,28-/m1/s1. The number of aliphatic imine (C=N–C) groups is 1. The highest BCUT2D eigenvalue weighted by atomic mass is 19.1. The van der Waals surface area contributed by atoms with E-state index >= 15 is 8.78 Å². The lowest BCUT2D eigenvalue weighted by atomic mass is 9.89. The summed E-state index contributed by atoms with van der Waals surface area (Å²) in [6, 6.07) is 11.6. The minimum atomic E-state index is -1.06. The van der Waals surface area contributed by atoms with Crippen LogP contribution in [0.15, 0.2) is 53.7 Å². The van der Waals surface area contributed by atoms with Crippen LogP contribution in [0.25, 0.3) is 11.3 Å². The number of hydrogen-bond acceptors (Lipinski definition) is 10. The normalized spacial score (nSPS) is 21.3. The summed E-state index contributed by atoms with van der Waals surface area (Å²) < 4.78 is 38.1. The number of amides is 4. The number of nitrogens with one attached hydrogen (secondary N) is 2. The van der Waals surface area contributed by atoms with Crippen molar-refractivity contribution in [3.05, 3.63) is 82.7 Å². The number of carbonyl (C=O) groups excluding carboxylic acids is 4. The van der Waals surface area contributed by atoms with Crippen molar-refractivity contribution in [2.75, 3.05) is 54.4 Å². The Morgan fingerprint density at radius 2 is 1.77 bits per heavy atom. The maximum Gasteiger partial charge on any atom is 0.280 e. The molecule has 296 valence electrons. The first-order valence-electron chi connectivity index (χ1n) is 19.2. The number of hydrogen-bond donors (Lipinski definition) is 2. The molecule has 0 radical (unpaired) electrons. The van der Waals surface area contributed by atoms with Crippen LogP contribution in [0.5, 0.6) is 5.88 Å². The summed E-state index contributed by atoms with van der Waals surface area (Å²) >= 11 is 0. The molecule has 0 unspecified atom stereocenters. The molecule has 2 bridgehead atoms. The first kappa shape index (κ1) is 37.9. The van der Waals surface area contributed by atoms with Crippen molar-refractivity contribution in [1.82, 2.24) is 25.0 Å². The second-order valence-electron chi connectivity index (χ2n) is 15.2. The molecule has 8 rings (SSSR count). The predicted molar refractivity (Wildman–Crippen MR) is 208 cm³/mol. The van der Waals surface area contributed by atoms with Crippen molar-refractivity contribution in [2.24, 2.45) is 18.0 Å². The number of guanidine groups is 1. The van der Waals surface area contributed by atoms with E-state index in [-0.39, 0.29) is 36.8 Å². The number of fused-ring (bicyclic) bond motifs is 7. The Morgan fingerprint density at radius 1 is 0.965 bits per heavy atom. The minimum absolute atomic E-state index is 0.0194. The second kappa shape index (κ2) is 15.5.